The number of hydrogen-bond donors (Lipinski definition) is 1. The van der Waals surface area contributed by atoms with Crippen LogP contribution in [0.5, 0.6) is 0 Å². The van der Waals surface area contributed by atoms with E-state index < -0.39 is 23.8 Å². The van der Waals surface area contributed by atoms with Gasteiger partial charge in [-0.2, -0.15) is 8.78 Å². The largest absolute Gasteiger partial charge is 0.306 e. The minimum atomic E-state index is -3.13. The summed E-state index contributed by atoms with van der Waals surface area (Å²) >= 11 is 5.62. The van der Waals surface area contributed by atoms with Gasteiger partial charge in [-0.05, 0) is 39.0 Å². The summed E-state index contributed by atoms with van der Waals surface area (Å²) in [4.78, 5) is 0. The summed E-state index contributed by atoms with van der Waals surface area (Å²) < 4.78 is 40.4. The molecule has 0 fully saturated rings. The Morgan fingerprint density at radius 3 is 2.29 bits per heavy atom. The average molecular weight is 266 g/mol. The van der Waals surface area contributed by atoms with E-state index in [9.17, 15) is 13.2 Å². The molecule has 96 valence electrons. The molecule has 17 heavy (non-hydrogen) atoms. The molecule has 1 aromatic rings. The van der Waals surface area contributed by atoms with Gasteiger partial charge in [-0.1, -0.05) is 11.6 Å². The molecular formula is C12H15ClF3N. The Balaban J connectivity index is 2.89. The maximum absolute atomic E-state index is 13.8. The van der Waals surface area contributed by atoms with Crippen LogP contribution in [0.2, 0.25) is 5.02 Å². The van der Waals surface area contributed by atoms with Gasteiger partial charge in [-0.3, -0.25) is 0 Å². The third-order valence-electron chi connectivity index (χ3n) is 2.17. The van der Waals surface area contributed by atoms with E-state index in [1.54, 1.807) is 20.8 Å². The van der Waals surface area contributed by atoms with Crippen molar-refractivity contribution in [2.75, 3.05) is 6.54 Å². The summed E-state index contributed by atoms with van der Waals surface area (Å²) in [7, 11) is 0. The molecule has 0 spiro atoms. The Bertz CT molecular complexity index is 399. The summed E-state index contributed by atoms with van der Waals surface area (Å²) in [5.74, 6) is -3.75. The molecular weight excluding hydrogens is 251 g/mol. The highest BCUT2D eigenvalue weighted by Crippen LogP contribution is 2.33. The zero-order valence-corrected chi connectivity index (χ0v) is 10.7. The molecule has 1 aromatic carbocycles. The third-order valence-corrected chi connectivity index (χ3v) is 2.48. The van der Waals surface area contributed by atoms with Gasteiger partial charge in [0, 0.05) is 11.1 Å². The molecule has 0 unspecified atom stereocenters. The van der Waals surface area contributed by atoms with Crippen molar-refractivity contribution in [3.63, 3.8) is 0 Å². The van der Waals surface area contributed by atoms with Crippen molar-refractivity contribution in [2.24, 2.45) is 0 Å². The van der Waals surface area contributed by atoms with E-state index in [2.05, 4.69) is 5.32 Å². The average Bonchev–Trinajstić information content (AvgIpc) is 2.13. The highest BCUT2D eigenvalue weighted by molar-refractivity contribution is 6.31. The molecule has 1 nitrogen and oxygen atoms in total. The number of nitrogens with one attached hydrogen (secondary N) is 1. The Labute approximate surface area is 104 Å². The van der Waals surface area contributed by atoms with Crippen LogP contribution in [0.25, 0.3) is 0 Å². The third kappa shape index (κ3) is 4.21. The van der Waals surface area contributed by atoms with Crippen molar-refractivity contribution >= 4 is 11.6 Å². The molecule has 0 aliphatic heterocycles. The first-order valence-corrected chi connectivity index (χ1v) is 5.58. The number of rotatable bonds is 3. The van der Waals surface area contributed by atoms with E-state index in [1.807, 2.05) is 0 Å². The zero-order chi connectivity index (χ0) is 13.3. The molecule has 1 N–H and O–H groups in total. The number of halogens is 4. The molecule has 5 heteroatoms. The summed E-state index contributed by atoms with van der Waals surface area (Å²) in [5, 5.41) is 2.44. The molecule has 0 aliphatic rings. The second-order valence-electron chi connectivity index (χ2n) is 4.93. The number of hydrogen-bond acceptors (Lipinski definition) is 1. The first-order valence-electron chi connectivity index (χ1n) is 5.20. The Morgan fingerprint density at radius 1 is 1.24 bits per heavy atom. The van der Waals surface area contributed by atoms with Crippen LogP contribution in [-0.2, 0) is 5.92 Å². The van der Waals surface area contributed by atoms with E-state index in [0.29, 0.717) is 0 Å². The first-order chi connectivity index (χ1) is 7.62. The summed E-state index contributed by atoms with van der Waals surface area (Å²) in [6, 6.07) is 2.89. The van der Waals surface area contributed by atoms with Crippen molar-refractivity contribution in [1.82, 2.24) is 5.32 Å². The van der Waals surface area contributed by atoms with Crippen molar-refractivity contribution in [2.45, 2.75) is 32.2 Å². The lowest BCUT2D eigenvalue weighted by Crippen LogP contribution is -2.42. The molecule has 0 amide bonds. The van der Waals surface area contributed by atoms with Gasteiger partial charge in [0.1, 0.15) is 5.82 Å². The highest BCUT2D eigenvalue weighted by atomic mass is 35.5. The molecule has 0 saturated carbocycles. The Morgan fingerprint density at radius 2 is 1.82 bits per heavy atom. The van der Waals surface area contributed by atoms with Crippen molar-refractivity contribution in [1.29, 1.82) is 0 Å². The van der Waals surface area contributed by atoms with Crippen LogP contribution in [0.15, 0.2) is 18.2 Å². The predicted molar refractivity (Wildman–Crippen MR) is 63.1 cm³/mol. The van der Waals surface area contributed by atoms with Gasteiger partial charge in [0.2, 0.25) is 0 Å². The zero-order valence-electron chi connectivity index (χ0n) is 9.95. The van der Waals surface area contributed by atoms with Gasteiger partial charge in [0.25, 0.3) is 5.92 Å². The van der Waals surface area contributed by atoms with E-state index in [-0.39, 0.29) is 10.6 Å². The van der Waals surface area contributed by atoms with Gasteiger partial charge in [-0.25, -0.2) is 4.39 Å². The van der Waals surface area contributed by atoms with Crippen LogP contribution in [0.1, 0.15) is 26.3 Å². The van der Waals surface area contributed by atoms with Crippen molar-refractivity contribution in [3.8, 4) is 0 Å². The molecule has 0 saturated heterocycles. The lowest BCUT2D eigenvalue weighted by molar-refractivity contribution is -0.00854. The lowest BCUT2D eigenvalue weighted by Gasteiger charge is -2.25. The Hall–Kier alpha value is -0.740. The summed E-state index contributed by atoms with van der Waals surface area (Å²) in [6.45, 7) is 4.82. The number of benzene rings is 1. The van der Waals surface area contributed by atoms with Crippen molar-refractivity contribution in [3.05, 3.63) is 34.6 Å². The molecule has 0 bridgehead atoms. The topological polar surface area (TPSA) is 12.0 Å². The van der Waals surface area contributed by atoms with E-state index in [1.165, 1.54) is 0 Å². The van der Waals surface area contributed by atoms with E-state index in [0.717, 1.165) is 18.2 Å². The minimum absolute atomic E-state index is 0.259. The smallest absolute Gasteiger partial charge is 0.286 e. The maximum atomic E-state index is 13.8. The van der Waals surface area contributed by atoms with Crippen LogP contribution in [0.3, 0.4) is 0 Å². The van der Waals surface area contributed by atoms with Gasteiger partial charge < -0.3 is 5.32 Å². The molecule has 0 aromatic heterocycles. The van der Waals surface area contributed by atoms with Gasteiger partial charge in [0.15, 0.2) is 0 Å². The summed E-state index contributed by atoms with van der Waals surface area (Å²) in [6.07, 6.45) is 0. The van der Waals surface area contributed by atoms with Crippen LogP contribution in [0, 0.1) is 5.82 Å². The van der Waals surface area contributed by atoms with Crippen LogP contribution < -0.4 is 5.32 Å². The summed E-state index contributed by atoms with van der Waals surface area (Å²) in [5.41, 5.74) is -0.784. The van der Waals surface area contributed by atoms with Gasteiger partial charge >= 0.3 is 0 Å². The molecule has 0 aliphatic carbocycles. The monoisotopic (exact) mass is 265 g/mol. The fourth-order valence-electron chi connectivity index (χ4n) is 1.26. The SMILES string of the molecule is CC(C)(C)NCC(F)(F)c1ccc(F)cc1Cl. The second-order valence-corrected chi connectivity index (χ2v) is 5.34. The quantitative estimate of drug-likeness (QED) is 0.872. The Kier molecular flexibility index (Phi) is 4.10. The normalized spacial score (nSPS) is 12.9. The fraction of sp³-hybridized carbons (Fsp3) is 0.500. The van der Waals surface area contributed by atoms with E-state index >= 15 is 0 Å². The lowest BCUT2D eigenvalue weighted by atomic mass is 10.1. The van der Waals surface area contributed by atoms with Crippen LogP contribution >= 0.6 is 11.6 Å². The standard InChI is InChI=1S/C12H15ClF3N/c1-11(2,3)17-7-12(15,16)9-5-4-8(14)6-10(9)13/h4-6,17H,7H2,1-3H3. The number of alkyl halides is 2. The minimum Gasteiger partial charge on any atom is -0.306 e. The molecule has 1 rings (SSSR count). The molecule has 0 radical (unpaired) electrons. The second kappa shape index (κ2) is 4.86. The van der Waals surface area contributed by atoms with Crippen molar-refractivity contribution < 1.29 is 13.2 Å². The highest BCUT2D eigenvalue weighted by Gasteiger charge is 2.34. The first kappa shape index (κ1) is 14.3. The van der Waals surface area contributed by atoms with Gasteiger partial charge in [0.05, 0.1) is 11.6 Å². The maximum Gasteiger partial charge on any atom is 0.286 e. The predicted octanol–water partition coefficient (Wildman–Crippen LogP) is 3.96. The van der Waals surface area contributed by atoms with Crippen LogP contribution in [0.4, 0.5) is 13.2 Å². The molecule has 0 heterocycles. The fourth-order valence-corrected chi connectivity index (χ4v) is 1.56. The van der Waals surface area contributed by atoms with E-state index in [4.69, 9.17) is 11.6 Å². The molecule has 0 atom stereocenters. The van der Waals surface area contributed by atoms with Gasteiger partial charge in [-0.15, -0.1) is 0 Å². The van der Waals surface area contributed by atoms with Crippen LogP contribution in [-0.4, -0.2) is 12.1 Å².